The molecule has 148 valence electrons. The molecule has 6 heteroatoms. The Morgan fingerprint density at radius 1 is 1.03 bits per heavy atom. The summed E-state index contributed by atoms with van der Waals surface area (Å²) in [7, 11) is 0. The van der Waals surface area contributed by atoms with E-state index in [0.717, 1.165) is 17.5 Å². The van der Waals surface area contributed by atoms with Gasteiger partial charge in [-0.05, 0) is 48.2 Å². The highest BCUT2D eigenvalue weighted by atomic mass is 16.6. The topological polar surface area (TPSA) is 81.5 Å². The monoisotopic (exact) mass is 390 g/mol. The molecule has 1 N–H and O–H groups in total. The largest absolute Gasteiger partial charge is 0.482 e. The molecule has 0 aliphatic heterocycles. The second-order valence-corrected chi connectivity index (χ2v) is 6.65. The average molecular weight is 390 g/mol. The van der Waals surface area contributed by atoms with Crippen molar-refractivity contribution in [3.05, 3.63) is 99.1 Å². The van der Waals surface area contributed by atoms with Crippen LogP contribution in [-0.4, -0.2) is 10.8 Å². The summed E-state index contributed by atoms with van der Waals surface area (Å²) in [5.41, 5.74) is 2.77. The standard InChI is InChI=1S/C23H22N2O4/c1-3-17-10-7-11-19(14-17)24-23(26)20-13-12-16(2)22(21(20)25(27)28)29-15-18-8-5-4-6-9-18/h4-14H,3,15H2,1-2H3,(H,24,26). The van der Waals surface area contributed by atoms with Crippen molar-refractivity contribution < 1.29 is 14.5 Å². The number of aryl methyl sites for hydroxylation is 2. The van der Waals surface area contributed by atoms with Crippen molar-refractivity contribution in [2.45, 2.75) is 26.9 Å². The molecule has 0 atom stereocenters. The van der Waals surface area contributed by atoms with Crippen LogP contribution in [0.25, 0.3) is 0 Å². The van der Waals surface area contributed by atoms with E-state index in [4.69, 9.17) is 4.74 Å². The zero-order valence-corrected chi connectivity index (χ0v) is 16.3. The van der Waals surface area contributed by atoms with Crippen molar-refractivity contribution in [1.82, 2.24) is 0 Å². The first kappa shape index (κ1) is 20.1. The Bertz CT molecular complexity index is 1030. The second kappa shape index (κ2) is 9.01. The van der Waals surface area contributed by atoms with Gasteiger partial charge in [-0.25, -0.2) is 0 Å². The van der Waals surface area contributed by atoms with Gasteiger partial charge in [0.15, 0.2) is 0 Å². The van der Waals surface area contributed by atoms with Crippen molar-refractivity contribution in [3.8, 4) is 5.75 Å². The van der Waals surface area contributed by atoms with Gasteiger partial charge in [-0.1, -0.05) is 55.5 Å². The van der Waals surface area contributed by atoms with Gasteiger partial charge in [-0.2, -0.15) is 0 Å². The first-order valence-corrected chi connectivity index (χ1v) is 9.34. The van der Waals surface area contributed by atoms with Crippen LogP contribution in [-0.2, 0) is 13.0 Å². The lowest BCUT2D eigenvalue weighted by atomic mass is 10.1. The van der Waals surface area contributed by atoms with Gasteiger partial charge in [-0.15, -0.1) is 0 Å². The normalized spacial score (nSPS) is 10.4. The molecule has 0 radical (unpaired) electrons. The van der Waals surface area contributed by atoms with Crippen LogP contribution in [0, 0.1) is 17.0 Å². The summed E-state index contributed by atoms with van der Waals surface area (Å²) in [6.45, 7) is 3.91. The second-order valence-electron chi connectivity index (χ2n) is 6.65. The van der Waals surface area contributed by atoms with Crippen LogP contribution in [0.1, 0.15) is 34.0 Å². The summed E-state index contributed by atoms with van der Waals surface area (Å²) >= 11 is 0. The van der Waals surface area contributed by atoms with Crippen molar-refractivity contribution in [1.29, 1.82) is 0 Å². The van der Waals surface area contributed by atoms with Crippen LogP contribution in [0.2, 0.25) is 0 Å². The quantitative estimate of drug-likeness (QED) is 0.439. The minimum atomic E-state index is -0.565. The summed E-state index contributed by atoms with van der Waals surface area (Å²) < 4.78 is 5.77. The molecular formula is C23H22N2O4. The molecule has 0 unspecified atom stereocenters. The summed E-state index contributed by atoms with van der Waals surface area (Å²) in [5, 5.41) is 14.6. The van der Waals surface area contributed by atoms with E-state index in [0.29, 0.717) is 11.3 Å². The van der Waals surface area contributed by atoms with Gasteiger partial charge in [0.05, 0.1) is 4.92 Å². The number of nitrogens with zero attached hydrogens (tertiary/aromatic N) is 1. The van der Waals surface area contributed by atoms with E-state index in [1.54, 1.807) is 19.1 Å². The average Bonchev–Trinajstić information content (AvgIpc) is 2.73. The van der Waals surface area contributed by atoms with Crippen molar-refractivity contribution in [2.75, 3.05) is 5.32 Å². The fourth-order valence-electron chi connectivity index (χ4n) is 3.02. The Morgan fingerprint density at radius 3 is 2.45 bits per heavy atom. The predicted octanol–water partition coefficient (Wildman–Crippen LogP) is 5.30. The molecule has 3 aromatic rings. The summed E-state index contributed by atoms with van der Waals surface area (Å²) in [6.07, 6.45) is 0.825. The Hall–Kier alpha value is -3.67. The van der Waals surface area contributed by atoms with Gasteiger partial charge >= 0.3 is 5.69 Å². The van der Waals surface area contributed by atoms with E-state index in [-0.39, 0.29) is 23.6 Å². The molecule has 3 aromatic carbocycles. The highest BCUT2D eigenvalue weighted by Crippen LogP contribution is 2.35. The molecule has 0 bridgehead atoms. The smallest absolute Gasteiger partial charge is 0.323 e. The molecule has 0 saturated heterocycles. The maximum absolute atomic E-state index is 12.8. The maximum atomic E-state index is 12.8. The van der Waals surface area contributed by atoms with E-state index in [9.17, 15) is 14.9 Å². The lowest BCUT2D eigenvalue weighted by Crippen LogP contribution is -2.15. The minimum Gasteiger partial charge on any atom is -0.482 e. The van der Waals surface area contributed by atoms with E-state index < -0.39 is 10.8 Å². The zero-order valence-electron chi connectivity index (χ0n) is 16.3. The molecule has 0 heterocycles. The molecule has 0 aliphatic rings. The molecule has 0 saturated carbocycles. The number of amides is 1. The highest BCUT2D eigenvalue weighted by molar-refractivity contribution is 6.07. The van der Waals surface area contributed by atoms with Crippen molar-refractivity contribution in [3.63, 3.8) is 0 Å². The van der Waals surface area contributed by atoms with Crippen LogP contribution in [0.3, 0.4) is 0 Å². The summed E-state index contributed by atoms with van der Waals surface area (Å²) in [4.78, 5) is 24.0. The lowest BCUT2D eigenvalue weighted by molar-refractivity contribution is -0.386. The van der Waals surface area contributed by atoms with Crippen LogP contribution in [0.5, 0.6) is 5.75 Å². The number of nitrogens with one attached hydrogen (secondary N) is 1. The number of rotatable bonds is 7. The van der Waals surface area contributed by atoms with E-state index in [2.05, 4.69) is 5.32 Å². The SMILES string of the molecule is CCc1cccc(NC(=O)c2ccc(C)c(OCc3ccccc3)c2[N+](=O)[O-])c1. The Balaban J connectivity index is 1.91. The number of carbonyl (C=O) groups is 1. The van der Waals surface area contributed by atoms with Crippen molar-refractivity contribution in [2.24, 2.45) is 0 Å². The van der Waals surface area contributed by atoms with E-state index >= 15 is 0 Å². The molecular weight excluding hydrogens is 368 g/mol. The van der Waals surface area contributed by atoms with Gasteiger partial charge in [0.1, 0.15) is 12.2 Å². The van der Waals surface area contributed by atoms with Gasteiger partial charge in [-0.3, -0.25) is 14.9 Å². The molecule has 29 heavy (non-hydrogen) atoms. The predicted molar refractivity (Wildman–Crippen MR) is 112 cm³/mol. The molecule has 0 aromatic heterocycles. The number of nitro benzene ring substituents is 1. The third-order valence-electron chi connectivity index (χ3n) is 4.57. The summed E-state index contributed by atoms with van der Waals surface area (Å²) in [6, 6.07) is 19.9. The Labute approximate surface area is 169 Å². The van der Waals surface area contributed by atoms with E-state index in [1.807, 2.05) is 55.5 Å². The number of benzene rings is 3. The van der Waals surface area contributed by atoms with Gasteiger partial charge in [0.2, 0.25) is 5.75 Å². The first-order chi connectivity index (χ1) is 14.0. The summed E-state index contributed by atoms with van der Waals surface area (Å²) in [5.74, 6) is -0.441. The fraction of sp³-hybridized carbons (Fsp3) is 0.174. The van der Waals surface area contributed by atoms with Gasteiger partial charge < -0.3 is 10.1 Å². The van der Waals surface area contributed by atoms with Crippen LogP contribution in [0.4, 0.5) is 11.4 Å². The van der Waals surface area contributed by atoms with Gasteiger partial charge in [0, 0.05) is 5.69 Å². The molecule has 0 spiro atoms. The number of nitro groups is 1. The van der Waals surface area contributed by atoms with Gasteiger partial charge in [0.25, 0.3) is 5.91 Å². The first-order valence-electron chi connectivity index (χ1n) is 9.34. The van der Waals surface area contributed by atoms with Crippen LogP contribution >= 0.6 is 0 Å². The molecule has 1 amide bonds. The molecule has 0 aliphatic carbocycles. The Morgan fingerprint density at radius 2 is 1.76 bits per heavy atom. The third kappa shape index (κ3) is 4.79. The number of hydrogen-bond donors (Lipinski definition) is 1. The third-order valence-corrected chi connectivity index (χ3v) is 4.57. The maximum Gasteiger partial charge on any atom is 0.323 e. The number of ether oxygens (including phenoxy) is 1. The number of carbonyl (C=O) groups excluding carboxylic acids is 1. The minimum absolute atomic E-state index is 0.0365. The number of anilines is 1. The molecule has 3 rings (SSSR count). The highest BCUT2D eigenvalue weighted by Gasteiger charge is 2.27. The van der Waals surface area contributed by atoms with E-state index in [1.165, 1.54) is 6.07 Å². The molecule has 6 nitrogen and oxygen atoms in total. The fourth-order valence-corrected chi connectivity index (χ4v) is 3.02. The zero-order chi connectivity index (χ0) is 20.8. The van der Waals surface area contributed by atoms with Crippen LogP contribution < -0.4 is 10.1 Å². The lowest BCUT2D eigenvalue weighted by Gasteiger charge is -2.13. The Kier molecular flexibility index (Phi) is 6.24. The molecule has 0 fully saturated rings. The van der Waals surface area contributed by atoms with Crippen molar-refractivity contribution >= 4 is 17.3 Å². The van der Waals surface area contributed by atoms with Crippen LogP contribution in [0.15, 0.2) is 66.7 Å². The number of hydrogen-bond acceptors (Lipinski definition) is 4.